The lowest BCUT2D eigenvalue weighted by Crippen LogP contribution is -2.68. The molecule has 6 heteroatoms. The number of hydrogen-bond acceptors (Lipinski definition) is 4. The smallest absolute Gasteiger partial charge is 0.407 e. The molecule has 0 spiro atoms. The van der Waals surface area contributed by atoms with Gasteiger partial charge in [-0.3, -0.25) is 0 Å². The van der Waals surface area contributed by atoms with Gasteiger partial charge in [-0.25, -0.2) is 4.79 Å². The monoisotopic (exact) mass is 230 g/mol. The average molecular weight is 230 g/mol. The number of aliphatic carboxylic acids is 1. The van der Waals surface area contributed by atoms with Crippen molar-refractivity contribution in [1.82, 2.24) is 5.32 Å². The molecule has 0 heterocycles. The van der Waals surface area contributed by atoms with Crippen molar-refractivity contribution in [2.45, 2.75) is 25.3 Å². The Labute approximate surface area is 94.5 Å². The molecule has 4 N–H and O–H groups in total. The van der Waals surface area contributed by atoms with E-state index < -0.39 is 18.1 Å². The van der Waals surface area contributed by atoms with Crippen LogP contribution in [0.5, 0.6) is 0 Å². The quantitative estimate of drug-likeness (QED) is 0.388. The first-order valence-corrected chi connectivity index (χ1v) is 5.13. The molecular weight excluding hydrogens is 212 g/mol. The highest BCUT2D eigenvalue weighted by Gasteiger charge is 2.06. The Hall–Kier alpha value is -1.56. The second-order valence-electron chi connectivity index (χ2n) is 3.33. The van der Waals surface area contributed by atoms with Gasteiger partial charge < -0.3 is 25.7 Å². The number of carboxylic acid groups (broad SMARTS) is 1. The third kappa shape index (κ3) is 7.81. The van der Waals surface area contributed by atoms with Crippen LogP contribution in [-0.4, -0.2) is 31.3 Å². The predicted molar refractivity (Wildman–Crippen MR) is 55.1 cm³/mol. The van der Waals surface area contributed by atoms with Gasteiger partial charge in [0.25, 0.3) is 0 Å². The summed E-state index contributed by atoms with van der Waals surface area (Å²) < 4.78 is 4.67. The zero-order valence-electron chi connectivity index (χ0n) is 9.24. The molecule has 0 aromatic rings. The molecule has 0 rings (SSSR count). The van der Waals surface area contributed by atoms with Crippen molar-refractivity contribution in [3.8, 4) is 0 Å². The van der Waals surface area contributed by atoms with Crippen molar-refractivity contribution < 1.29 is 25.2 Å². The van der Waals surface area contributed by atoms with Crippen LogP contribution in [0.2, 0.25) is 0 Å². The van der Waals surface area contributed by atoms with Crippen molar-refractivity contribution in [1.29, 1.82) is 0 Å². The normalized spacial score (nSPS) is 11.6. The molecule has 92 valence electrons. The van der Waals surface area contributed by atoms with Crippen LogP contribution >= 0.6 is 0 Å². The van der Waals surface area contributed by atoms with E-state index in [0.717, 1.165) is 0 Å². The number of quaternary nitrogens is 1. The van der Waals surface area contributed by atoms with Crippen molar-refractivity contribution in [2.24, 2.45) is 0 Å². The fraction of sp³-hybridized carbons (Fsp3) is 0.600. The van der Waals surface area contributed by atoms with Gasteiger partial charge in [0, 0.05) is 13.0 Å². The van der Waals surface area contributed by atoms with E-state index in [2.05, 4.69) is 22.4 Å². The minimum atomic E-state index is -1.14. The molecule has 1 atom stereocenters. The van der Waals surface area contributed by atoms with E-state index in [1.807, 2.05) is 0 Å². The number of carbonyl (C=O) groups excluding carboxylic acids is 2. The molecule has 0 bridgehead atoms. The number of ether oxygens (including phenoxy) is 1. The van der Waals surface area contributed by atoms with Crippen LogP contribution in [0.3, 0.4) is 0 Å². The summed E-state index contributed by atoms with van der Waals surface area (Å²) in [6.07, 6.45) is 2.79. The molecule has 0 unspecified atom stereocenters. The number of unbranched alkanes of at least 4 members (excludes halogenated alkanes) is 1. The van der Waals surface area contributed by atoms with E-state index in [1.165, 1.54) is 6.08 Å². The first-order valence-electron chi connectivity index (χ1n) is 5.13. The summed E-state index contributed by atoms with van der Waals surface area (Å²) in [4.78, 5) is 21.2. The summed E-state index contributed by atoms with van der Waals surface area (Å²) >= 11 is 0. The van der Waals surface area contributed by atoms with Gasteiger partial charge in [-0.2, -0.15) is 0 Å². The SMILES string of the molecule is C=CCOC(=O)NCCCC[C@@H]([NH3+])C(=O)[O-]. The molecule has 0 aliphatic rings. The molecule has 0 saturated carbocycles. The number of alkyl carbamates (subject to hydrolysis) is 1. The van der Waals surface area contributed by atoms with Gasteiger partial charge >= 0.3 is 6.09 Å². The highest BCUT2D eigenvalue weighted by atomic mass is 16.5. The van der Waals surface area contributed by atoms with E-state index in [-0.39, 0.29) is 6.61 Å². The maximum absolute atomic E-state index is 10.9. The maximum atomic E-state index is 10.9. The average Bonchev–Trinajstić information content (AvgIpc) is 2.25. The van der Waals surface area contributed by atoms with Gasteiger partial charge in [-0.1, -0.05) is 12.7 Å². The fourth-order valence-electron chi connectivity index (χ4n) is 1.01. The number of carboxylic acids is 1. The van der Waals surface area contributed by atoms with Crippen molar-refractivity contribution >= 4 is 12.1 Å². The van der Waals surface area contributed by atoms with Crippen LogP contribution in [-0.2, 0) is 9.53 Å². The Kier molecular flexibility index (Phi) is 7.87. The second-order valence-corrected chi connectivity index (χ2v) is 3.33. The topological polar surface area (TPSA) is 106 Å². The number of rotatable bonds is 8. The third-order valence-corrected chi connectivity index (χ3v) is 1.91. The Balaban J connectivity index is 3.36. The highest BCUT2D eigenvalue weighted by Crippen LogP contribution is 1.96. The molecule has 1 amide bonds. The molecule has 0 aliphatic heterocycles. The number of carbonyl (C=O) groups is 2. The summed E-state index contributed by atoms with van der Waals surface area (Å²) in [5, 5.41) is 12.8. The first-order chi connectivity index (χ1) is 7.57. The number of nitrogens with one attached hydrogen (secondary N) is 1. The summed E-state index contributed by atoms with van der Waals surface area (Å²) in [5.41, 5.74) is 3.43. The van der Waals surface area contributed by atoms with Gasteiger partial charge in [-0.05, 0) is 12.8 Å². The van der Waals surface area contributed by atoms with Crippen molar-refractivity contribution in [3.63, 3.8) is 0 Å². The predicted octanol–water partition coefficient (Wildman–Crippen LogP) is -1.57. The van der Waals surface area contributed by atoms with E-state index in [9.17, 15) is 14.7 Å². The molecule has 0 radical (unpaired) electrons. The van der Waals surface area contributed by atoms with Crippen LogP contribution in [0.15, 0.2) is 12.7 Å². The molecule has 0 saturated heterocycles. The Morgan fingerprint density at radius 2 is 2.19 bits per heavy atom. The van der Waals surface area contributed by atoms with Crippen LogP contribution in [0.4, 0.5) is 4.79 Å². The summed E-state index contributed by atoms with van der Waals surface area (Å²) in [5.74, 6) is -1.14. The van der Waals surface area contributed by atoms with Gasteiger partial charge in [0.05, 0.1) is 5.97 Å². The Morgan fingerprint density at radius 3 is 2.75 bits per heavy atom. The van der Waals surface area contributed by atoms with Crippen LogP contribution in [0, 0.1) is 0 Å². The first kappa shape index (κ1) is 14.4. The Bertz CT molecular complexity index is 243. The third-order valence-electron chi connectivity index (χ3n) is 1.91. The van der Waals surface area contributed by atoms with E-state index in [4.69, 9.17) is 0 Å². The summed E-state index contributed by atoms with van der Waals surface area (Å²) in [6, 6.07) is -0.687. The van der Waals surface area contributed by atoms with Gasteiger partial charge in [0.1, 0.15) is 12.6 Å². The second kappa shape index (κ2) is 8.72. The standard InChI is InChI=1S/C10H18N2O4/c1-2-7-16-10(15)12-6-4-3-5-8(11)9(13)14/h2,8H,1,3-7,11H2,(H,12,15)(H,13,14)/t8-/m1/s1. The van der Waals surface area contributed by atoms with Gasteiger partial charge in [0.15, 0.2) is 0 Å². The molecule has 0 fully saturated rings. The minimum Gasteiger partial charge on any atom is -0.544 e. The summed E-state index contributed by atoms with van der Waals surface area (Å²) in [7, 11) is 0. The van der Waals surface area contributed by atoms with E-state index in [1.54, 1.807) is 0 Å². The Morgan fingerprint density at radius 1 is 1.50 bits per heavy atom. The summed E-state index contributed by atoms with van der Waals surface area (Å²) in [6.45, 7) is 4.04. The molecule has 0 aromatic carbocycles. The maximum Gasteiger partial charge on any atom is 0.407 e. The number of hydrogen-bond donors (Lipinski definition) is 2. The lowest BCUT2D eigenvalue weighted by atomic mass is 10.1. The minimum absolute atomic E-state index is 0.178. The molecule has 0 aliphatic carbocycles. The zero-order chi connectivity index (χ0) is 12.4. The highest BCUT2D eigenvalue weighted by molar-refractivity contribution is 5.69. The van der Waals surface area contributed by atoms with E-state index in [0.29, 0.717) is 25.8 Å². The lowest BCUT2D eigenvalue weighted by Gasteiger charge is -2.09. The van der Waals surface area contributed by atoms with Gasteiger partial charge in [-0.15, -0.1) is 0 Å². The van der Waals surface area contributed by atoms with Gasteiger partial charge in [0.2, 0.25) is 0 Å². The van der Waals surface area contributed by atoms with Crippen molar-refractivity contribution in [3.05, 3.63) is 12.7 Å². The van der Waals surface area contributed by atoms with Crippen LogP contribution < -0.4 is 16.2 Å². The van der Waals surface area contributed by atoms with E-state index >= 15 is 0 Å². The zero-order valence-corrected chi connectivity index (χ0v) is 9.24. The van der Waals surface area contributed by atoms with Crippen LogP contribution in [0.25, 0.3) is 0 Å². The molecule has 16 heavy (non-hydrogen) atoms. The largest absolute Gasteiger partial charge is 0.544 e. The molecule has 0 aromatic heterocycles. The fourth-order valence-corrected chi connectivity index (χ4v) is 1.01. The van der Waals surface area contributed by atoms with Crippen LogP contribution in [0.1, 0.15) is 19.3 Å². The molecular formula is C10H18N2O4. The number of amides is 1. The van der Waals surface area contributed by atoms with Crippen molar-refractivity contribution in [2.75, 3.05) is 13.2 Å². The lowest BCUT2D eigenvalue weighted by molar-refractivity contribution is -0.438. The molecule has 6 nitrogen and oxygen atoms in total.